The predicted molar refractivity (Wildman–Crippen MR) is 39.3 cm³/mol. The van der Waals surface area contributed by atoms with Crippen LogP contribution in [0.5, 0.6) is 11.5 Å². The van der Waals surface area contributed by atoms with Crippen LogP contribution >= 0.6 is 0 Å². The Balaban J connectivity index is 2.87. The molecule has 2 heteroatoms. The molecule has 0 saturated heterocycles. The molecule has 2 nitrogen and oxygen atoms in total. The molecule has 0 aliphatic heterocycles. The molecule has 0 amide bonds. The van der Waals surface area contributed by atoms with Crippen LogP contribution in [0.1, 0.15) is 13.7 Å². The Kier molecular flexibility index (Phi) is 0.877. The average molecular weight is 143 g/mol. The first-order chi connectivity index (χ1) is 6.72. The zero-order chi connectivity index (χ0) is 11.7. The number of hydrogen-bond donors (Lipinski definition) is 1. The summed E-state index contributed by atoms with van der Waals surface area (Å²) in [6.45, 7) is -5.65. The second-order valence-electron chi connectivity index (χ2n) is 1.70. The van der Waals surface area contributed by atoms with E-state index >= 15 is 0 Å². The summed E-state index contributed by atoms with van der Waals surface area (Å²) in [5.41, 5.74) is 0. The monoisotopic (exact) mass is 143 g/mol. The van der Waals surface area contributed by atoms with Crippen molar-refractivity contribution in [2.75, 3.05) is 6.56 Å². The first-order valence-corrected chi connectivity index (χ1v) is 2.70. The highest BCUT2D eigenvalue weighted by molar-refractivity contribution is 5.31. The van der Waals surface area contributed by atoms with Crippen molar-refractivity contribution in [1.29, 1.82) is 0 Å². The Morgan fingerprint density at radius 1 is 1.80 bits per heavy atom. The molecule has 0 fully saturated rings. The van der Waals surface area contributed by atoms with Gasteiger partial charge < -0.3 is 9.84 Å². The van der Waals surface area contributed by atoms with E-state index in [4.69, 9.17) is 12.0 Å². The molecule has 1 N–H and O–H groups in total. The third-order valence-electron chi connectivity index (χ3n) is 0.987. The summed E-state index contributed by atoms with van der Waals surface area (Å²) in [5.74, 6) is -0.148. The van der Waals surface area contributed by atoms with Crippen LogP contribution in [-0.4, -0.2) is 11.7 Å². The summed E-state index contributed by atoms with van der Waals surface area (Å²) in [5, 5.41) is 9.07. The molecule has 0 bridgehead atoms. The highest BCUT2D eigenvalue weighted by Gasteiger charge is 1.90. The molecule has 54 valence electrons. The van der Waals surface area contributed by atoms with Gasteiger partial charge in [-0.2, -0.15) is 0 Å². The molecule has 0 aromatic heterocycles. The summed E-state index contributed by atoms with van der Waals surface area (Å²) in [4.78, 5) is 0. The van der Waals surface area contributed by atoms with Crippen molar-refractivity contribution in [3.8, 4) is 11.5 Å². The molecule has 0 saturated carbocycles. The summed E-state index contributed by atoms with van der Waals surface area (Å²) >= 11 is 0. The fourth-order valence-corrected chi connectivity index (χ4v) is 0.606. The Morgan fingerprint density at radius 2 is 2.70 bits per heavy atom. The maximum atomic E-state index is 9.07. The molecule has 0 aliphatic carbocycles. The zero-order valence-corrected chi connectivity index (χ0v) is 5.16. The highest BCUT2D eigenvalue weighted by Crippen LogP contribution is 2.16. The lowest BCUT2D eigenvalue weighted by Gasteiger charge is -2.01. The average Bonchev–Trinajstić information content (AvgIpc) is 2.00. The number of aromatic hydroxyl groups is 1. The second-order valence-corrected chi connectivity index (χ2v) is 1.70. The van der Waals surface area contributed by atoms with Gasteiger partial charge in [-0.15, -0.1) is 0 Å². The summed E-state index contributed by atoms with van der Waals surface area (Å²) in [6, 6.07) is 5.31. The van der Waals surface area contributed by atoms with Crippen LogP contribution in [0.3, 0.4) is 0 Å². The summed E-state index contributed by atoms with van der Waals surface area (Å²) in [7, 11) is 0. The van der Waals surface area contributed by atoms with Gasteiger partial charge in [-0.05, 0) is 19.0 Å². The van der Waals surface area contributed by atoms with Crippen LogP contribution in [-0.2, 0) is 0 Å². The molecule has 10 heavy (non-hydrogen) atoms. The second kappa shape index (κ2) is 3.11. The van der Waals surface area contributed by atoms with E-state index in [-0.39, 0.29) is 11.5 Å². The topological polar surface area (TPSA) is 29.5 Å². The molecule has 0 heterocycles. The van der Waals surface area contributed by atoms with E-state index in [9.17, 15) is 0 Å². The molecule has 0 spiro atoms. The molecule has 1 aromatic rings. The zero-order valence-electron chi connectivity index (χ0n) is 10.2. The van der Waals surface area contributed by atoms with E-state index in [0.717, 1.165) is 6.07 Å². The first kappa shape index (κ1) is 2.82. The van der Waals surface area contributed by atoms with Crippen molar-refractivity contribution in [3.05, 3.63) is 24.3 Å². The van der Waals surface area contributed by atoms with Crippen molar-refractivity contribution in [2.45, 2.75) is 6.85 Å². The lowest BCUT2D eigenvalue weighted by Crippen LogP contribution is -1.89. The summed E-state index contributed by atoms with van der Waals surface area (Å²) in [6.07, 6.45) is 0. The minimum absolute atomic E-state index is 0.0314. The van der Waals surface area contributed by atoms with Crippen LogP contribution in [0.4, 0.5) is 0 Å². The predicted octanol–water partition coefficient (Wildman–Crippen LogP) is 1.79. The van der Waals surface area contributed by atoms with E-state index in [0.29, 0.717) is 0 Å². The number of ether oxygens (including phenoxy) is 1. The lowest BCUT2D eigenvalue weighted by atomic mass is 10.3. The van der Waals surface area contributed by atoms with Crippen molar-refractivity contribution < 1.29 is 16.7 Å². The Hall–Kier alpha value is -1.18. The van der Waals surface area contributed by atoms with Crippen LogP contribution in [0, 0.1) is 0 Å². The van der Waals surface area contributed by atoms with Crippen molar-refractivity contribution >= 4 is 0 Å². The van der Waals surface area contributed by atoms with Crippen LogP contribution in [0.15, 0.2) is 24.3 Å². The summed E-state index contributed by atoms with van der Waals surface area (Å²) < 4.78 is 39.8. The molecule has 0 radical (unpaired) electrons. The molecule has 0 atom stereocenters. The smallest absolute Gasteiger partial charge is 0.122 e. The van der Waals surface area contributed by atoms with Crippen molar-refractivity contribution in [2.24, 2.45) is 0 Å². The van der Waals surface area contributed by atoms with Gasteiger partial charge in [0.1, 0.15) is 11.5 Å². The van der Waals surface area contributed by atoms with Gasteiger partial charge in [-0.25, -0.2) is 0 Å². The quantitative estimate of drug-likeness (QED) is 0.684. The van der Waals surface area contributed by atoms with Crippen molar-refractivity contribution in [3.63, 3.8) is 0 Å². The number of phenolic OH excluding ortho intramolecular Hbond substituents is 1. The van der Waals surface area contributed by atoms with Gasteiger partial charge in [0, 0.05) is 10.2 Å². The van der Waals surface area contributed by atoms with Gasteiger partial charge in [-0.3, -0.25) is 0 Å². The van der Waals surface area contributed by atoms with Crippen molar-refractivity contribution in [1.82, 2.24) is 0 Å². The molecule has 1 aromatic carbocycles. The molecular formula is C8H10O2. The highest BCUT2D eigenvalue weighted by atomic mass is 16.5. The lowest BCUT2D eigenvalue weighted by molar-refractivity contribution is 0.337. The number of rotatable bonds is 2. The molecular weight excluding hydrogens is 128 g/mol. The van der Waals surface area contributed by atoms with E-state index in [1.165, 1.54) is 18.2 Å². The molecule has 0 unspecified atom stereocenters. The molecule has 0 aliphatic rings. The van der Waals surface area contributed by atoms with Gasteiger partial charge in [0.05, 0.1) is 9.30 Å². The minimum atomic E-state index is -2.88. The van der Waals surface area contributed by atoms with Gasteiger partial charge >= 0.3 is 0 Å². The van der Waals surface area contributed by atoms with Gasteiger partial charge in [0.2, 0.25) is 0 Å². The molecule has 1 rings (SSSR count). The third kappa shape index (κ3) is 1.65. The van der Waals surface area contributed by atoms with Crippen LogP contribution in [0.25, 0.3) is 0 Å². The first-order valence-electron chi connectivity index (χ1n) is 5.20. The van der Waals surface area contributed by atoms with E-state index in [1.807, 2.05) is 0 Å². The van der Waals surface area contributed by atoms with E-state index in [1.54, 1.807) is 0 Å². The number of benzene rings is 1. The standard InChI is InChI=1S/C8H10O2/c1-2-10-8-5-3-4-7(9)6-8/h3-6,9H,2H2,1H3/i1D3,2D2. The van der Waals surface area contributed by atoms with Gasteiger partial charge in [0.15, 0.2) is 0 Å². The minimum Gasteiger partial charge on any atom is -0.508 e. The third-order valence-corrected chi connectivity index (χ3v) is 0.987. The van der Waals surface area contributed by atoms with Crippen LogP contribution < -0.4 is 4.74 Å². The fraction of sp³-hybridized carbons (Fsp3) is 0.250. The Morgan fingerprint density at radius 3 is 3.40 bits per heavy atom. The maximum Gasteiger partial charge on any atom is 0.122 e. The normalized spacial score (nSPS) is 19.4. The largest absolute Gasteiger partial charge is 0.508 e. The van der Waals surface area contributed by atoms with E-state index < -0.39 is 13.4 Å². The van der Waals surface area contributed by atoms with Gasteiger partial charge in [-0.1, -0.05) is 6.07 Å². The van der Waals surface area contributed by atoms with Crippen LogP contribution in [0.2, 0.25) is 0 Å². The Labute approximate surface area is 67.1 Å². The number of hydrogen-bond acceptors (Lipinski definition) is 2. The van der Waals surface area contributed by atoms with Gasteiger partial charge in [0.25, 0.3) is 0 Å². The maximum absolute atomic E-state index is 9.07. The fourth-order valence-electron chi connectivity index (χ4n) is 0.606. The van der Waals surface area contributed by atoms with E-state index in [2.05, 4.69) is 4.74 Å². The SMILES string of the molecule is [2H]C([2H])([2H])C([2H])([2H])Oc1cccc(O)c1. The Bertz CT molecular complexity index is 347. The number of phenols is 1.